The number of phenols is 1. The lowest BCUT2D eigenvalue weighted by molar-refractivity contribution is 0.182. The van der Waals surface area contributed by atoms with Crippen LogP contribution in [0.4, 0.5) is 11.5 Å². The Balaban J connectivity index is 1.77. The van der Waals surface area contributed by atoms with Gasteiger partial charge in [-0.15, -0.1) is 4.73 Å². The van der Waals surface area contributed by atoms with Crippen molar-refractivity contribution in [2.75, 3.05) is 5.32 Å². The monoisotopic (exact) mass is 346 g/mol. The predicted molar refractivity (Wildman–Crippen MR) is 97.8 cm³/mol. The maximum atomic E-state index is 11.9. The molecule has 7 nitrogen and oxygen atoms in total. The van der Waals surface area contributed by atoms with Crippen molar-refractivity contribution in [3.63, 3.8) is 0 Å². The van der Waals surface area contributed by atoms with Gasteiger partial charge in [-0.25, -0.2) is 9.78 Å². The van der Waals surface area contributed by atoms with Crippen LogP contribution in [0.2, 0.25) is 0 Å². The first-order valence-corrected chi connectivity index (χ1v) is 7.85. The van der Waals surface area contributed by atoms with Gasteiger partial charge in [0.25, 0.3) is 0 Å². The van der Waals surface area contributed by atoms with E-state index in [4.69, 9.17) is 0 Å². The van der Waals surface area contributed by atoms with Crippen LogP contribution >= 0.6 is 0 Å². The molecule has 7 heteroatoms. The van der Waals surface area contributed by atoms with Crippen LogP contribution in [-0.2, 0) is 0 Å². The number of benzene rings is 2. The van der Waals surface area contributed by atoms with Crippen LogP contribution < -0.4 is 11.0 Å². The molecule has 2 heterocycles. The van der Waals surface area contributed by atoms with Crippen LogP contribution in [0.25, 0.3) is 22.2 Å². The Kier molecular flexibility index (Phi) is 3.74. The SMILES string of the molecule is O=c1nc(Nc2cccc(-c3cccc(O)c3)c2)c2cccnc2n1O. The lowest BCUT2D eigenvalue weighted by Gasteiger charge is -2.11. The number of phenolic OH excluding ortho intramolecular Hbond substituents is 1. The fourth-order valence-corrected chi connectivity index (χ4v) is 2.74. The van der Waals surface area contributed by atoms with Crippen molar-refractivity contribution in [1.82, 2.24) is 14.7 Å². The number of fused-ring (bicyclic) bond motifs is 1. The minimum atomic E-state index is -0.817. The molecule has 0 aliphatic rings. The van der Waals surface area contributed by atoms with E-state index in [1.807, 2.05) is 30.3 Å². The zero-order valence-electron chi connectivity index (χ0n) is 13.5. The van der Waals surface area contributed by atoms with Gasteiger partial charge >= 0.3 is 5.69 Å². The standard InChI is InChI=1S/C19H14N4O3/c24-15-7-2-5-13(11-15)12-4-1-6-14(10-12)21-17-16-8-3-9-20-18(16)23(26)19(25)22-17/h1-11,24,26H,(H,21,22,25). The summed E-state index contributed by atoms with van der Waals surface area (Å²) in [6.45, 7) is 0. The molecule has 0 bridgehead atoms. The second kappa shape index (κ2) is 6.21. The van der Waals surface area contributed by atoms with Crippen LogP contribution in [0, 0.1) is 0 Å². The maximum Gasteiger partial charge on any atom is 0.384 e. The summed E-state index contributed by atoms with van der Waals surface area (Å²) in [6.07, 6.45) is 1.49. The molecular weight excluding hydrogens is 332 g/mol. The molecule has 0 radical (unpaired) electrons. The van der Waals surface area contributed by atoms with E-state index in [0.717, 1.165) is 11.1 Å². The normalized spacial score (nSPS) is 10.8. The molecule has 0 spiro atoms. The Hall–Kier alpha value is -3.87. The van der Waals surface area contributed by atoms with Gasteiger partial charge in [-0.3, -0.25) is 0 Å². The van der Waals surface area contributed by atoms with Crippen LogP contribution in [0.5, 0.6) is 5.75 Å². The number of hydrogen-bond donors (Lipinski definition) is 3. The van der Waals surface area contributed by atoms with Crippen molar-refractivity contribution in [2.24, 2.45) is 0 Å². The van der Waals surface area contributed by atoms with Crippen molar-refractivity contribution < 1.29 is 10.3 Å². The number of hydrogen-bond acceptors (Lipinski definition) is 6. The maximum absolute atomic E-state index is 11.9. The van der Waals surface area contributed by atoms with E-state index in [1.165, 1.54) is 6.20 Å². The third-order valence-corrected chi connectivity index (χ3v) is 3.94. The topological polar surface area (TPSA) is 100 Å². The Morgan fingerprint density at radius 2 is 1.73 bits per heavy atom. The number of nitrogens with one attached hydrogen (secondary N) is 1. The summed E-state index contributed by atoms with van der Waals surface area (Å²) in [6, 6.07) is 17.8. The highest BCUT2D eigenvalue weighted by Gasteiger charge is 2.11. The average Bonchev–Trinajstić information content (AvgIpc) is 2.66. The van der Waals surface area contributed by atoms with E-state index in [1.54, 1.807) is 30.3 Å². The van der Waals surface area contributed by atoms with Crippen LogP contribution in [0.15, 0.2) is 71.7 Å². The van der Waals surface area contributed by atoms with Gasteiger partial charge in [0.1, 0.15) is 11.6 Å². The molecule has 4 rings (SSSR count). The molecule has 0 saturated carbocycles. The van der Waals surface area contributed by atoms with Gasteiger partial charge in [-0.2, -0.15) is 4.98 Å². The molecule has 0 fully saturated rings. The van der Waals surface area contributed by atoms with Crippen LogP contribution in [-0.4, -0.2) is 25.0 Å². The quantitative estimate of drug-likeness (QED) is 0.493. The second-order valence-electron chi connectivity index (χ2n) is 5.69. The molecule has 0 amide bonds. The van der Waals surface area contributed by atoms with E-state index < -0.39 is 5.69 Å². The molecule has 2 aromatic heterocycles. The summed E-state index contributed by atoms with van der Waals surface area (Å²) >= 11 is 0. The van der Waals surface area contributed by atoms with Gasteiger partial charge in [0.2, 0.25) is 0 Å². The van der Waals surface area contributed by atoms with Crippen molar-refractivity contribution in [3.05, 3.63) is 77.3 Å². The minimum absolute atomic E-state index is 0.124. The molecule has 3 N–H and O–H groups in total. The highest BCUT2D eigenvalue weighted by Crippen LogP contribution is 2.27. The lowest BCUT2D eigenvalue weighted by atomic mass is 10.0. The third-order valence-electron chi connectivity index (χ3n) is 3.94. The highest BCUT2D eigenvalue weighted by molar-refractivity contribution is 5.88. The molecule has 0 aliphatic carbocycles. The van der Waals surface area contributed by atoms with Gasteiger partial charge in [-0.05, 0) is 47.5 Å². The van der Waals surface area contributed by atoms with Crippen molar-refractivity contribution in [2.45, 2.75) is 0 Å². The summed E-state index contributed by atoms with van der Waals surface area (Å²) < 4.78 is 0.420. The first-order chi connectivity index (χ1) is 12.6. The van der Waals surface area contributed by atoms with Crippen molar-refractivity contribution in [1.29, 1.82) is 0 Å². The van der Waals surface area contributed by atoms with Gasteiger partial charge in [-0.1, -0.05) is 24.3 Å². The zero-order chi connectivity index (χ0) is 18.1. The molecule has 0 atom stereocenters. The second-order valence-corrected chi connectivity index (χ2v) is 5.69. The lowest BCUT2D eigenvalue weighted by Crippen LogP contribution is -2.23. The highest BCUT2D eigenvalue weighted by atomic mass is 16.5. The third kappa shape index (κ3) is 2.82. The van der Waals surface area contributed by atoms with E-state index >= 15 is 0 Å². The number of aromatic nitrogens is 3. The first-order valence-electron chi connectivity index (χ1n) is 7.85. The van der Waals surface area contributed by atoms with Crippen LogP contribution in [0.1, 0.15) is 0 Å². The Morgan fingerprint density at radius 1 is 0.962 bits per heavy atom. The molecule has 2 aromatic carbocycles. The molecule has 128 valence electrons. The molecule has 26 heavy (non-hydrogen) atoms. The van der Waals surface area contributed by atoms with Crippen molar-refractivity contribution in [3.8, 4) is 16.9 Å². The Labute approximate surface area is 147 Å². The molecule has 0 aliphatic heterocycles. The number of pyridine rings is 1. The van der Waals surface area contributed by atoms with Crippen LogP contribution in [0.3, 0.4) is 0 Å². The average molecular weight is 346 g/mol. The van der Waals surface area contributed by atoms with Gasteiger partial charge in [0, 0.05) is 11.9 Å². The Bertz CT molecular complexity index is 1170. The molecular formula is C19H14N4O3. The number of nitrogens with zero attached hydrogens (tertiary/aromatic N) is 3. The number of rotatable bonds is 3. The smallest absolute Gasteiger partial charge is 0.384 e. The predicted octanol–water partition coefficient (Wildman–Crippen LogP) is 3.15. The summed E-state index contributed by atoms with van der Waals surface area (Å²) in [4.78, 5) is 19.8. The molecule has 4 aromatic rings. The summed E-state index contributed by atoms with van der Waals surface area (Å²) in [5, 5.41) is 23.1. The summed E-state index contributed by atoms with van der Waals surface area (Å²) in [7, 11) is 0. The fraction of sp³-hybridized carbons (Fsp3) is 0. The van der Waals surface area contributed by atoms with Gasteiger partial charge in [0.15, 0.2) is 5.65 Å². The first kappa shape index (κ1) is 15.6. The van der Waals surface area contributed by atoms with Crippen molar-refractivity contribution >= 4 is 22.5 Å². The molecule has 0 saturated heterocycles. The van der Waals surface area contributed by atoms with Gasteiger partial charge in [0.05, 0.1) is 5.39 Å². The fourth-order valence-electron chi connectivity index (χ4n) is 2.74. The Morgan fingerprint density at radius 3 is 2.54 bits per heavy atom. The van der Waals surface area contributed by atoms with E-state index in [-0.39, 0.29) is 11.4 Å². The number of anilines is 2. The molecule has 0 unspecified atom stereocenters. The van der Waals surface area contributed by atoms with E-state index in [2.05, 4.69) is 15.3 Å². The number of aromatic hydroxyl groups is 1. The van der Waals surface area contributed by atoms with E-state index in [9.17, 15) is 15.1 Å². The van der Waals surface area contributed by atoms with E-state index in [0.29, 0.717) is 21.6 Å². The largest absolute Gasteiger partial charge is 0.508 e. The zero-order valence-corrected chi connectivity index (χ0v) is 13.5. The minimum Gasteiger partial charge on any atom is -0.508 e. The summed E-state index contributed by atoms with van der Waals surface area (Å²) in [5.41, 5.74) is 1.77. The summed E-state index contributed by atoms with van der Waals surface area (Å²) in [5.74, 6) is 0.489. The van der Waals surface area contributed by atoms with Gasteiger partial charge < -0.3 is 15.6 Å².